The Morgan fingerprint density at radius 3 is 2.82 bits per heavy atom. The van der Waals surface area contributed by atoms with E-state index in [1.807, 2.05) is 19.9 Å². The van der Waals surface area contributed by atoms with Crippen molar-refractivity contribution >= 4 is 40.0 Å². The molecule has 2 N–H and O–H groups in total. The van der Waals surface area contributed by atoms with Gasteiger partial charge in [0.1, 0.15) is 17.3 Å². The molecule has 0 aliphatic carbocycles. The van der Waals surface area contributed by atoms with Gasteiger partial charge < -0.3 is 15.4 Å². The first-order chi connectivity index (χ1) is 16.5. The van der Waals surface area contributed by atoms with Gasteiger partial charge in [0.2, 0.25) is 0 Å². The lowest BCUT2D eigenvalue weighted by Gasteiger charge is -2.12. The van der Waals surface area contributed by atoms with Crippen molar-refractivity contribution in [3.63, 3.8) is 0 Å². The summed E-state index contributed by atoms with van der Waals surface area (Å²) in [5.41, 5.74) is 3.36. The third-order valence-corrected chi connectivity index (χ3v) is 5.20. The minimum absolute atomic E-state index is 0.246. The fraction of sp³-hybridized carbons (Fsp3) is 0.125. The predicted octanol–water partition coefficient (Wildman–Crippen LogP) is 4.71. The molecule has 0 unspecified atom stereocenters. The number of aromatic nitrogens is 5. The molecular weight excluding hydrogens is 454 g/mol. The molecule has 34 heavy (non-hydrogen) atoms. The Hall–Kier alpha value is -4.24. The number of allylic oxidation sites excluding steroid dienone is 2. The number of fused-ring (bicyclic) bond motifs is 1. The SMILES string of the molecule is CC=C(/C=C\OC)NC(=O)c1ccc(C)c(Nc2ncnc3c2cnn3-c2cccc(Cl)n2)c1. The van der Waals surface area contributed by atoms with E-state index in [2.05, 4.69) is 30.7 Å². The van der Waals surface area contributed by atoms with Crippen molar-refractivity contribution in [2.24, 2.45) is 0 Å². The van der Waals surface area contributed by atoms with Gasteiger partial charge in [-0.1, -0.05) is 29.8 Å². The monoisotopic (exact) mass is 475 g/mol. The second kappa shape index (κ2) is 10.1. The minimum Gasteiger partial charge on any atom is -0.504 e. The van der Waals surface area contributed by atoms with E-state index in [-0.39, 0.29) is 5.91 Å². The normalized spacial score (nSPS) is 11.7. The molecule has 3 heterocycles. The maximum atomic E-state index is 12.8. The molecule has 0 aliphatic heterocycles. The highest BCUT2D eigenvalue weighted by molar-refractivity contribution is 6.29. The number of nitrogens with one attached hydrogen (secondary N) is 2. The van der Waals surface area contributed by atoms with E-state index >= 15 is 0 Å². The van der Waals surface area contributed by atoms with Gasteiger partial charge in [0.15, 0.2) is 11.5 Å². The number of halogens is 1. The summed E-state index contributed by atoms with van der Waals surface area (Å²) in [6, 6.07) is 10.7. The first-order valence-electron chi connectivity index (χ1n) is 10.4. The van der Waals surface area contributed by atoms with Gasteiger partial charge in [0, 0.05) is 16.9 Å². The number of benzene rings is 1. The summed E-state index contributed by atoms with van der Waals surface area (Å²) in [6.45, 7) is 3.78. The van der Waals surface area contributed by atoms with E-state index in [4.69, 9.17) is 16.3 Å². The Kier molecular flexibility index (Phi) is 6.84. The summed E-state index contributed by atoms with van der Waals surface area (Å²) in [7, 11) is 1.54. The van der Waals surface area contributed by atoms with Crippen molar-refractivity contribution < 1.29 is 9.53 Å². The summed E-state index contributed by atoms with van der Waals surface area (Å²) in [6.07, 6.45) is 8.06. The van der Waals surface area contributed by atoms with Crippen LogP contribution in [0.4, 0.5) is 11.5 Å². The van der Waals surface area contributed by atoms with E-state index < -0.39 is 0 Å². The number of carbonyl (C=O) groups is 1. The van der Waals surface area contributed by atoms with Crippen LogP contribution in [0, 0.1) is 6.92 Å². The highest BCUT2D eigenvalue weighted by Crippen LogP contribution is 2.27. The number of hydrogen-bond donors (Lipinski definition) is 2. The number of nitrogens with zero attached hydrogens (tertiary/aromatic N) is 5. The maximum absolute atomic E-state index is 12.8. The van der Waals surface area contributed by atoms with Crippen molar-refractivity contribution in [3.8, 4) is 5.82 Å². The van der Waals surface area contributed by atoms with Crippen molar-refractivity contribution in [3.05, 3.63) is 89.3 Å². The molecule has 1 aromatic carbocycles. The largest absolute Gasteiger partial charge is 0.504 e. The van der Waals surface area contributed by atoms with Crippen LogP contribution in [0.3, 0.4) is 0 Å². The molecule has 0 atom stereocenters. The Balaban J connectivity index is 1.64. The number of amides is 1. The average molecular weight is 476 g/mol. The van der Waals surface area contributed by atoms with E-state index in [1.165, 1.54) is 12.6 Å². The van der Waals surface area contributed by atoms with Crippen LogP contribution in [0.1, 0.15) is 22.8 Å². The molecule has 4 rings (SSSR count). The molecular formula is C24H22ClN7O2. The lowest BCUT2D eigenvalue weighted by Crippen LogP contribution is -2.22. The number of hydrogen-bond acceptors (Lipinski definition) is 7. The van der Waals surface area contributed by atoms with Gasteiger partial charge >= 0.3 is 0 Å². The number of anilines is 2. The molecule has 1 amide bonds. The molecule has 9 nitrogen and oxygen atoms in total. The average Bonchev–Trinajstić information content (AvgIpc) is 3.28. The predicted molar refractivity (Wildman–Crippen MR) is 131 cm³/mol. The number of methoxy groups -OCH3 is 1. The van der Waals surface area contributed by atoms with E-state index in [1.54, 1.807) is 60.5 Å². The minimum atomic E-state index is -0.246. The molecule has 0 aliphatic rings. The standard InChI is InChI=1S/C24H22ClN7O2/c1-4-17(10-11-34-3)29-24(33)16-9-8-15(2)19(12-16)30-22-18-13-28-32(23(18)27-14-26-22)21-7-5-6-20(25)31-21/h4-14H,1-3H3,(H,29,33)(H,26,27,30)/b11-10-,17-4?. The van der Waals surface area contributed by atoms with Gasteiger partial charge in [-0.15, -0.1) is 0 Å². The number of carbonyl (C=O) groups excluding carboxylic acids is 1. The highest BCUT2D eigenvalue weighted by Gasteiger charge is 2.14. The number of ether oxygens (including phenoxy) is 1. The molecule has 0 saturated carbocycles. The Morgan fingerprint density at radius 1 is 1.21 bits per heavy atom. The first kappa shape index (κ1) is 22.9. The Morgan fingerprint density at radius 2 is 2.06 bits per heavy atom. The van der Waals surface area contributed by atoms with Gasteiger partial charge in [0.25, 0.3) is 5.91 Å². The van der Waals surface area contributed by atoms with Crippen LogP contribution < -0.4 is 10.6 Å². The molecule has 0 fully saturated rings. The zero-order valence-electron chi connectivity index (χ0n) is 18.8. The smallest absolute Gasteiger partial charge is 0.255 e. The van der Waals surface area contributed by atoms with Gasteiger partial charge in [0.05, 0.1) is 25.0 Å². The van der Waals surface area contributed by atoms with Gasteiger partial charge in [-0.05, 0) is 49.8 Å². The third kappa shape index (κ3) is 4.89. The van der Waals surface area contributed by atoms with Crippen LogP contribution in [-0.4, -0.2) is 37.7 Å². The molecule has 0 spiro atoms. The van der Waals surface area contributed by atoms with Crippen LogP contribution in [0.2, 0.25) is 5.15 Å². The van der Waals surface area contributed by atoms with Crippen LogP contribution in [0.5, 0.6) is 0 Å². The fourth-order valence-corrected chi connectivity index (χ4v) is 3.37. The van der Waals surface area contributed by atoms with Crippen LogP contribution >= 0.6 is 11.6 Å². The summed E-state index contributed by atoms with van der Waals surface area (Å²) in [4.78, 5) is 25.8. The van der Waals surface area contributed by atoms with Crippen LogP contribution in [-0.2, 0) is 4.74 Å². The lowest BCUT2D eigenvalue weighted by molar-refractivity contribution is 0.0967. The molecule has 10 heteroatoms. The zero-order valence-corrected chi connectivity index (χ0v) is 19.5. The summed E-state index contributed by atoms with van der Waals surface area (Å²) >= 11 is 6.03. The van der Waals surface area contributed by atoms with Gasteiger partial charge in [-0.25, -0.2) is 15.0 Å². The lowest BCUT2D eigenvalue weighted by atomic mass is 10.1. The summed E-state index contributed by atoms with van der Waals surface area (Å²) in [5.74, 6) is 0.852. The number of rotatable bonds is 7. The molecule has 4 aromatic rings. The quantitative estimate of drug-likeness (QED) is 0.226. The summed E-state index contributed by atoms with van der Waals surface area (Å²) in [5, 5.41) is 11.6. The van der Waals surface area contributed by atoms with Crippen molar-refractivity contribution in [1.82, 2.24) is 30.0 Å². The Labute approximate surface area is 201 Å². The van der Waals surface area contributed by atoms with E-state index in [9.17, 15) is 4.79 Å². The van der Waals surface area contributed by atoms with Crippen LogP contribution in [0.25, 0.3) is 16.9 Å². The second-order valence-electron chi connectivity index (χ2n) is 7.23. The van der Waals surface area contributed by atoms with E-state index in [0.717, 1.165) is 11.3 Å². The Bertz CT molecular complexity index is 1410. The highest BCUT2D eigenvalue weighted by atomic mass is 35.5. The van der Waals surface area contributed by atoms with Gasteiger partial charge in [-0.3, -0.25) is 4.79 Å². The number of pyridine rings is 1. The van der Waals surface area contributed by atoms with Crippen LogP contribution in [0.15, 0.2) is 73.0 Å². The topological polar surface area (TPSA) is 107 Å². The van der Waals surface area contributed by atoms with Crippen molar-refractivity contribution in [2.75, 3.05) is 12.4 Å². The van der Waals surface area contributed by atoms with Gasteiger partial charge in [-0.2, -0.15) is 9.78 Å². The van der Waals surface area contributed by atoms with Crippen molar-refractivity contribution in [1.29, 1.82) is 0 Å². The third-order valence-electron chi connectivity index (χ3n) is 4.99. The molecule has 0 bridgehead atoms. The fourth-order valence-electron chi connectivity index (χ4n) is 3.21. The maximum Gasteiger partial charge on any atom is 0.255 e. The number of aryl methyl sites for hydroxylation is 1. The summed E-state index contributed by atoms with van der Waals surface area (Å²) < 4.78 is 6.52. The zero-order chi connectivity index (χ0) is 24.1. The molecule has 3 aromatic heterocycles. The molecule has 0 saturated heterocycles. The molecule has 0 radical (unpaired) electrons. The second-order valence-corrected chi connectivity index (χ2v) is 7.61. The molecule has 172 valence electrons. The van der Waals surface area contributed by atoms with Crippen molar-refractivity contribution in [2.45, 2.75) is 13.8 Å². The first-order valence-corrected chi connectivity index (χ1v) is 10.7. The van der Waals surface area contributed by atoms with E-state index in [0.29, 0.717) is 39.1 Å².